The predicted octanol–water partition coefficient (Wildman–Crippen LogP) is 4.03. The van der Waals surface area contributed by atoms with E-state index in [1.165, 1.54) is 6.33 Å². The summed E-state index contributed by atoms with van der Waals surface area (Å²) in [6.45, 7) is 0.393. The monoisotopic (exact) mass is 366 g/mol. The number of hydrogen-bond acceptors (Lipinski definition) is 4. The fraction of sp³-hybridized carbons (Fsp3) is 0.250. The second-order valence-electron chi connectivity index (χ2n) is 6.12. The van der Waals surface area contributed by atoms with Gasteiger partial charge in [0.1, 0.15) is 23.8 Å². The van der Waals surface area contributed by atoms with E-state index in [9.17, 15) is 5.26 Å². The molecule has 6 heteroatoms. The van der Waals surface area contributed by atoms with E-state index in [0.29, 0.717) is 30.2 Å². The van der Waals surface area contributed by atoms with Crippen molar-refractivity contribution in [1.29, 1.82) is 5.26 Å². The Labute approximate surface area is 157 Å². The Kier molecular flexibility index (Phi) is 5.55. The van der Waals surface area contributed by atoms with Crippen molar-refractivity contribution in [2.45, 2.75) is 24.8 Å². The molecule has 3 aromatic rings. The zero-order valence-electron chi connectivity index (χ0n) is 14.5. The highest BCUT2D eigenvalue weighted by molar-refractivity contribution is 6.30. The third-order valence-electron chi connectivity index (χ3n) is 4.46. The minimum absolute atomic E-state index is 0.393. The molecule has 0 amide bonds. The molecule has 3 rings (SSSR count). The molecule has 0 aliphatic rings. The van der Waals surface area contributed by atoms with Crippen molar-refractivity contribution in [2.75, 3.05) is 7.11 Å². The van der Waals surface area contributed by atoms with Gasteiger partial charge in [0.05, 0.1) is 19.7 Å². The largest absolute Gasteiger partial charge is 0.496 e. The van der Waals surface area contributed by atoms with Crippen LogP contribution in [0.25, 0.3) is 0 Å². The van der Waals surface area contributed by atoms with Gasteiger partial charge >= 0.3 is 0 Å². The highest BCUT2D eigenvalue weighted by Gasteiger charge is 2.35. The predicted molar refractivity (Wildman–Crippen MR) is 100 cm³/mol. The summed E-state index contributed by atoms with van der Waals surface area (Å²) in [7, 11) is 1.62. The first kappa shape index (κ1) is 18.0. The summed E-state index contributed by atoms with van der Waals surface area (Å²) in [5.41, 5.74) is 1.14. The standard InChI is InChI=1S/C20H19ClN4O/c1-26-19-8-3-2-7-18(19)20(12-22,13-25-15-23-14-24-25)10-9-16-5-4-6-17(21)11-16/h2-8,11,14-15H,9-10,13H2,1H3. The van der Waals surface area contributed by atoms with E-state index in [1.54, 1.807) is 18.1 Å². The van der Waals surface area contributed by atoms with Crippen LogP contribution in [0.15, 0.2) is 61.2 Å². The van der Waals surface area contributed by atoms with Crippen LogP contribution in [0.1, 0.15) is 17.5 Å². The van der Waals surface area contributed by atoms with Crippen LogP contribution in [0.3, 0.4) is 0 Å². The Morgan fingerprint density at radius 3 is 2.77 bits per heavy atom. The van der Waals surface area contributed by atoms with Crippen molar-refractivity contribution in [3.05, 3.63) is 77.3 Å². The number of ether oxygens (including phenoxy) is 1. The summed E-state index contributed by atoms with van der Waals surface area (Å²) in [5, 5.41) is 15.1. The Bertz CT molecular complexity index is 904. The smallest absolute Gasteiger partial charge is 0.137 e. The van der Waals surface area contributed by atoms with Gasteiger partial charge in [-0.2, -0.15) is 10.4 Å². The molecule has 2 aromatic carbocycles. The lowest BCUT2D eigenvalue weighted by Gasteiger charge is -2.28. The topological polar surface area (TPSA) is 63.7 Å². The Morgan fingerprint density at radius 1 is 1.23 bits per heavy atom. The number of nitrogens with zero attached hydrogens (tertiary/aromatic N) is 4. The molecule has 0 aliphatic carbocycles. The lowest BCUT2D eigenvalue weighted by atomic mass is 9.76. The zero-order chi connectivity index (χ0) is 18.4. The van der Waals surface area contributed by atoms with Gasteiger partial charge in [0, 0.05) is 10.6 Å². The SMILES string of the molecule is COc1ccccc1C(C#N)(CCc1cccc(Cl)c1)Cn1cncn1. The molecule has 0 aliphatic heterocycles. The van der Waals surface area contributed by atoms with Crippen LogP contribution in [0.5, 0.6) is 5.75 Å². The molecule has 0 N–H and O–H groups in total. The molecular weight excluding hydrogens is 348 g/mol. The van der Waals surface area contributed by atoms with Crippen molar-refractivity contribution >= 4 is 11.6 Å². The average molecular weight is 367 g/mol. The number of nitriles is 1. The maximum atomic E-state index is 10.2. The molecule has 0 spiro atoms. The van der Waals surface area contributed by atoms with Gasteiger partial charge < -0.3 is 4.74 Å². The summed E-state index contributed by atoms with van der Waals surface area (Å²) in [6.07, 6.45) is 4.41. The Hall–Kier alpha value is -2.84. The van der Waals surface area contributed by atoms with Crippen molar-refractivity contribution in [2.24, 2.45) is 0 Å². The van der Waals surface area contributed by atoms with Crippen LogP contribution >= 0.6 is 11.6 Å². The summed E-state index contributed by atoms with van der Waals surface area (Å²) in [5.74, 6) is 0.695. The van der Waals surface area contributed by atoms with Crippen LogP contribution in [-0.4, -0.2) is 21.9 Å². The maximum absolute atomic E-state index is 10.2. The zero-order valence-corrected chi connectivity index (χ0v) is 15.2. The molecule has 132 valence electrons. The molecule has 5 nitrogen and oxygen atoms in total. The molecule has 0 saturated heterocycles. The van der Waals surface area contributed by atoms with E-state index in [-0.39, 0.29) is 0 Å². The van der Waals surface area contributed by atoms with Crippen LogP contribution in [-0.2, 0) is 18.4 Å². The number of halogens is 1. The van der Waals surface area contributed by atoms with E-state index in [1.807, 2.05) is 48.5 Å². The number of benzene rings is 2. The number of aromatic nitrogens is 3. The van der Waals surface area contributed by atoms with Crippen molar-refractivity contribution < 1.29 is 4.74 Å². The highest BCUT2D eigenvalue weighted by atomic mass is 35.5. The van der Waals surface area contributed by atoms with Crippen LogP contribution < -0.4 is 4.74 Å². The van der Waals surface area contributed by atoms with Gasteiger partial charge in [0.2, 0.25) is 0 Å². The first-order valence-electron chi connectivity index (χ1n) is 8.28. The molecule has 1 heterocycles. The van der Waals surface area contributed by atoms with E-state index in [4.69, 9.17) is 16.3 Å². The molecule has 1 aromatic heterocycles. The summed E-state index contributed by atoms with van der Waals surface area (Å²) in [6, 6.07) is 17.9. The average Bonchev–Trinajstić information content (AvgIpc) is 3.18. The fourth-order valence-corrected chi connectivity index (χ4v) is 3.34. The second-order valence-corrected chi connectivity index (χ2v) is 6.55. The molecule has 0 saturated carbocycles. The van der Waals surface area contributed by atoms with Crippen molar-refractivity contribution in [1.82, 2.24) is 14.8 Å². The van der Waals surface area contributed by atoms with E-state index < -0.39 is 5.41 Å². The van der Waals surface area contributed by atoms with E-state index in [0.717, 1.165) is 11.1 Å². The van der Waals surface area contributed by atoms with E-state index >= 15 is 0 Å². The van der Waals surface area contributed by atoms with Gasteiger partial charge in [-0.3, -0.25) is 4.68 Å². The lowest BCUT2D eigenvalue weighted by Crippen LogP contribution is -2.31. The summed E-state index contributed by atoms with van der Waals surface area (Å²) in [4.78, 5) is 4.00. The number of aryl methyl sites for hydroxylation is 1. The van der Waals surface area contributed by atoms with Gasteiger partial charge in [0.25, 0.3) is 0 Å². The van der Waals surface area contributed by atoms with Crippen LogP contribution in [0.4, 0.5) is 0 Å². The van der Waals surface area contributed by atoms with E-state index in [2.05, 4.69) is 16.2 Å². The van der Waals surface area contributed by atoms with Gasteiger partial charge in [-0.1, -0.05) is 41.9 Å². The minimum Gasteiger partial charge on any atom is -0.496 e. The number of rotatable bonds is 7. The van der Waals surface area contributed by atoms with Gasteiger partial charge in [-0.25, -0.2) is 4.98 Å². The van der Waals surface area contributed by atoms with Gasteiger partial charge in [0.15, 0.2) is 0 Å². The molecular formula is C20H19ClN4O. The minimum atomic E-state index is -0.803. The quantitative estimate of drug-likeness (QED) is 0.633. The van der Waals surface area contributed by atoms with Gasteiger partial charge in [-0.05, 0) is 36.6 Å². The third kappa shape index (κ3) is 3.87. The fourth-order valence-electron chi connectivity index (χ4n) is 3.13. The van der Waals surface area contributed by atoms with Crippen LogP contribution in [0.2, 0.25) is 5.02 Å². The summed E-state index contributed by atoms with van der Waals surface area (Å²) >= 11 is 6.10. The normalized spacial score (nSPS) is 13.0. The highest BCUT2D eigenvalue weighted by Crippen LogP contribution is 2.37. The first-order chi connectivity index (χ1) is 12.7. The molecule has 0 fully saturated rings. The first-order valence-corrected chi connectivity index (χ1v) is 8.66. The molecule has 0 bridgehead atoms. The number of methoxy groups -OCH3 is 1. The Balaban J connectivity index is 1.98. The van der Waals surface area contributed by atoms with Crippen LogP contribution in [0, 0.1) is 11.3 Å². The third-order valence-corrected chi connectivity index (χ3v) is 4.70. The van der Waals surface area contributed by atoms with Gasteiger partial charge in [-0.15, -0.1) is 0 Å². The number of para-hydroxylation sites is 1. The molecule has 1 atom stereocenters. The molecule has 26 heavy (non-hydrogen) atoms. The van der Waals surface area contributed by atoms with Crippen molar-refractivity contribution in [3.63, 3.8) is 0 Å². The summed E-state index contributed by atoms with van der Waals surface area (Å²) < 4.78 is 7.21. The Morgan fingerprint density at radius 2 is 2.08 bits per heavy atom. The van der Waals surface area contributed by atoms with Crippen molar-refractivity contribution in [3.8, 4) is 11.8 Å². The molecule has 1 unspecified atom stereocenters. The maximum Gasteiger partial charge on any atom is 0.137 e. The second kappa shape index (κ2) is 8.03. The molecule has 0 radical (unpaired) electrons. The lowest BCUT2D eigenvalue weighted by molar-refractivity contribution is 0.363. The number of hydrogen-bond donors (Lipinski definition) is 0.